The van der Waals surface area contributed by atoms with Crippen LogP contribution in [-0.2, 0) is 89.1 Å². The van der Waals surface area contributed by atoms with Crippen LogP contribution in [0.1, 0.15) is 401 Å². The van der Waals surface area contributed by atoms with E-state index < -0.39 is 155 Å². The van der Waals surface area contributed by atoms with E-state index in [1.165, 1.54) is 12.8 Å². The minimum absolute atomic E-state index is 0. The van der Waals surface area contributed by atoms with E-state index in [1.54, 1.807) is 0 Å². The smallest absolute Gasteiger partial charge is 0.793 e. The van der Waals surface area contributed by atoms with E-state index in [0.29, 0.717) is 0 Å². The Morgan fingerprint density at radius 1 is 0.181 bits per heavy atom. The second-order valence-corrected chi connectivity index (χ2v) is 54.6. The Balaban J connectivity index is -0.000000123. The molecule has 1 rings (SSSR count). The summed E-state index contributed by atoms with van der Waals surface area (Å²) < 4.78 is 109. The molecule has 702 valence electrons. The molecule has 1 saturated heterocycles. The molecule has 0 saturated carbocycles. The molecule has 28 nitrogen and oxygen atoms in total. The minimum atomic E-state index is -3.91. The molecule has 1 aliphatic rings. The number of ether oxygens (including phenoxy) is 2. The first-order valence-corrected chi connectivity index (χ1v) is 49.4. The molecule has 4 N–H and O–H groups in total. The van der Waals surface area contributed by atoms with Gasteiger partial charge in [0.05, 0.1) is 101 Å². The summed E-state index contributed by atoms with van der Waals surface area (Å²) in [6.07, 6.45) is 2.56. The maximum absolute atomic E-state index is 12.6. The van der Waals surface area contributed by atoms with Crippen molar-refractivity contribution >= 4 is 54.3 Å². The Morgan fingerprint density at radius 3 is 0.276 bits per heavy atom. The second-order valence-electron chi connectivity index (χ2n) is 45.0. The number of rotatable bonds is 20. The van der Waals surface area contributed by atoms with Gasteiger partial charge in [-0.15, -0.1) is 0 Å². The predicted molar refractivity (Wildman–Crippen MR) is 462 cm³/mol. The van der Waals surface area contributed by atoms with Crippen LogP contribution < -0.4 is 28.8 Å². The molecule has 1 heterocycles. The van der Waals surface area contributed by atoms with Crippen molar-refractivity contribution in [2.75, 3.05) is 26.4 Å². The van der Waals surface area contributed by atoms with Gasteiger partial charge in [0, 0.05) is 26.4 Å². The summed E-state index contributed by atoms with van der Waals surface area (Å²) in [6.45, 7) is 106. The molecule has 0 bridgehead atoms. The van der Waals surface area contributed by atoms with E-state index in [2.05, 4.69) is 0 Å². The van der Waals surface area contributed by atoms with Crippen LogP contribution in [0.4, 0.5) is 0 Å². The van der Waals surface area contributed by atoms with Crippen LogP contribution in [0.3, 0.4) is 0 Å². The van der Waals surface area contributed by atoms with Crippen molar-refractivity contribution in [3.63, 3.8) is 0 Å². The molecule has 0 unspecified atom stereocenters. The van der Waals surface area contributed by atoms with E-state index in [9.17, 15) is 28.8 Å². The largest absolute Gasteiger partial charge is 4.00 e. The van der Waals surface area contributed by atoms with Crippen LogP contribution in [0.25, 0.3) is 12.3 Å². The molecule has 0 spiro atoms. The molecule has 0 atom stereocenters. The number of hydrogen-bond donors (Lipinski definition) is 0. The molecule has 0 radical (unpaired) electrons. The van der Waals surface area contributed by atoms with Gasteiger partial charge in [-0.05, 0) is 401 Å². The molecule has 0 aliphatic carbocycles. The molecule has 1 aliphatic heterocycles. The van der Waals surface area contributed by atoms with Gasteiger partial charge in [0.15, 0.2) is 0 Å². The molecule has 116 heavy (non-hydrogen) atoms. The zero-order valence-electron chi connectivity index (χ0n) is 85.0. The van der Waals surface area contributed by atoms with Gasteiger partial charge in [-0.3, -0.25) is 0 Å². The van der Waals surface area contributed by atoms with Crippen molar-refractivity contribution in [1.29, 1.82) is 0 Å². The molecule has 0 amide bonds. The Labute approximate surface area is 768 Å². The Bertz CT molecular complexity index is 1810. The van der Waals surface area contributed by atoms with Crippen molar-refractivity contribution in [2.45, 2.75) is 501 Å². The van der Waals surface area contributed by atoms with Crippen LogP contribution >= 0.6 is 0 Å². The van der Waals surface area contributed by atoms with Crippen LogP contribution in [0.15, 0.2) is 0 Å². The van der Waals surface area contributed by atoms with Gasteiger partial charge in [-0.1, -0.05) is 0 Å². The Hall–Kier alpha value is 2.29. The topological polar surface area (TPSA) is 390 Å². The third-order valence-corrected chi connectivity index (χ3v) is 24.5. The molecule has 1 fully saturated rings. The first-order chi connectivity index (χ1) is 47.6. The van der Waals surface area contributed by atoms with Crippen LogP contribution in [0.2, 0.25) is 0 Å². The van der Waals surface area contributed by atoms with Crippen LogP contribution in [-0.4, -0.2) is 182 Å². The van der Waals surface area contributed by atoms with Gasteiger partial charge in [-0.2, -0.15) is 0 Å². The summed E-state index contributed by atoms with van der Waals surface area (Å²) in [7, 11) is -23.4. The van der Waals surface area contributed by atoms with Gasteiger partial charge < -0.3 is 130 Å². The third-order valence-electron chi connectivity index (χ3n) is 9.00. The number of nitrogens with two attached hydrogens (primary N) is 2. The van der Waals surface area contributed by atoms with E-state index in [-0.39, 0.29) is 74.5 Å². The zero-order chi connectivity index (χ0) is 92.4. The van der Waals surface area contributed by atoms with Crippen molar-refractivity contribution in [3.8, 4) is 0 Å². The van der Waals surface area contributed by atoms with Gasteiger partial charge in [-0.25, -0.2) is 0 Å². The Morgan fingerprint density at radius 2 is 0.250 bits per heavy atom. The summed E-state index contributed by atoms with van der Waals surface area (Å²) in [4.78, 5) is 75.7. The predicted octanol–water partition coefficient (Wildman–Crippen LogP) is 16.6. The molecule has 36 heteroatoms. The first-order valence-electron chi connectivity index (χ1n) is 39.6. The maximum atomic E-state index is 12.6. The zero-order valence-corrected chi connectivity index (χ0v) is 99.3. The minimum Gasteiger partial charge on any atom is -0.793 e. The molecular weight excluding hydrogens is 2050 g/mol. The van der Waals surface area contributed by atoms with E-state index >= 15 is 0 Å². The van der Waals surface area contributed by atoms with Crippen molar-refractivity contribution in [2.24, 2.45) is 0 Å². The van der Waals surface area contributed by atoms with Gasteiger partial charge >= 0.3 is 117 Å². The molecular formula is C80H184N2O26Si6U2. The van der Waals surface area contributed by atoms with Gasteiger partial charge in [0.2, 0.25) is 0 Å². The average molecular weight is 2230 g/mol. The fraction of sp³-hybridized carbons (Fsp3) is 1.00. The van der Waals surface area contributed by atoms with E-state index in [4.69, 9.17) is 89.1 Å². The van der Waals surface area contributed by atoms with E-state index in [1.807, 2.05) is 388 Å². The first kappa shape index (κ1) is 141. The maximum Gasteiger partial charge on any atom is 4.00 e. The van der Waals surface area contributed by atoms with Crippen molar-refractivity contribution in [3.05, 3.63) is 12.3 Å². The quantitative estimate of drug-likeness (QED) is 0.102. The molecule has 0 aromatic rings. The summed E-state index contributed by atoms with van der Waals surface area (Å²) in [5.74, 6) is 0. The monoisotopic (exact) mass is 2230 g/mol. The molecule has 0 aromatic heterocycles. The summed E-state index contributed by atoms with van der Waals surface area (Å²) in [5, 5.41) is 0. The van der Waals surface area contributed by atoms with Crippen molar-refractivity contribution < 1.29 is 180 Å². The normalized spacial score (nSPS) is 14.7. The summed E-state index contributed by atoms with van der Waals surface area (Å²) in [6, 6.07) is 0. The van der Waals surface area contributed by atoms with Gasteiger partial charge in [0.25, 0.3) is 0 Å². The van der Waals surface area contributed by atoms with Gasteiger partial charge in [0.1, 0.15) is 0 Å². The average Bonchev–Trinajstić information content (AvgIpc) is 0.873. The van der Waals surface area contributed by atoms with Crippen LogP contribution in [0, 0.1) is 62.2 Å². The summed E-state index contributed by atoms with van der Waals surface area (Å²) in [5.41, 5.74) is -10.4. The third kappa shape index (κ3) is 112. The SMILES string of the molecule is C1CCOC1.CC(C)(C)O[Si]([O-])(OC(C)(C)C)OC(C)(C)C.CC(C)(C)O[Si]([O-])(OC(C)(C)C)OC(C)(C)C.CC(C)(C)O[Si]([O-])(OC(C)(C)C)OC(C)(C)C.CC(C)(C)O[Si]([O-])(OC(C)(C)C)OC(C)(C)C.CC(C)(C)O[Si]([O-])(OC(C)(C)C)OC(C)(C)C.CC(C)(C)O[Si]([O-])(OC(C)(C)C)OC(C)(C)C.CCOCC.[NH2-].[NH2-].[U+4].[U+4]. The van der Waals surface area contributed by atoms with Crippen molar-refractivity contribution in [1.82, 2.24) is 0 Å². The standard InChI is InChI=1S/6C12H27O4Si.C4H8O.C4H10O.2H2N.2U/c6*1-10(2,3)14-17(13,15-11(4,5)6)16-12(7,8)9;1-2-4-5-3-1;1-3-5-4-2;;;;/h6*1-9H3;1-4H2;3-4H2,1-2H3;2*1H2;;/q6*-1;;;2*-1;2*+4. The second kappa shape index (κ2) is 53.4. The fourth-order valence-corrected chi connectivity index (χ4v) is 22.1. The van der Waals surface area contributed by atoms with Crippen LogP contribution in [0.5, 0.6) is 0 Å². The summed E-state index contributed by atoms with van der Waals surface area (Å²) >= 11 is 0. The fourth-order valence-electron chi connectivity index (χ4n) is 7.84. The van der Waals surface area contributed by atoms with E-state index in [0.717, 1.165) is 26.4 Å². The Kier molecular flexibility index (Phi) is 65.1. The molecule has 0 aromatic carbocycles. The number of hydrogen-bond acceptors (Lipinski definition) is 26.